The van der Waals surface area contributed by atoms with Gasteiger partial charge in [0.05, 0.1) is 0 Å². The van der Waals surface area contributed by atoms with Crippen molar-refractivity contribution in [2.45, 2.75) is 6.92 Å². The Morgan fingerprint density at radius 1 is 0.442 bits per heavy atom. The highest BCUT2D eigenvalue weighted by atomic mass is 15.3. The number of fused-ring (bicyclic) bond motifs is 6. The summed E-state index contributed by atoms with van der Waals surface area (Å²) in [6.07, 6.45) is 0. The Bertz CT molecular complexity index is 2160. The molecule has 43 heavy (non-hydrogen) atoms. The summed E-state index contributed by atoms with van der Waals surface area (Å²) in [4.78, 5) is 4.60. The summed E-state index contributed by atoms with van der Waals surface area (Å²) < 4.78 is 1.82. The first kappa shape index (κ1) is 26.4. The second-order valence-corrected chi connectivity index (χ2v) is 10.8. The largest absolute Gasteiger partial charge is 0.248 e. The molecule has 8 aromatic rings. The molecule has 0 aliphatic heterocycles. The lowest BCUT2D eigenvalue weighted by Crippen LogP contribution is -1.93. The lowest BCUT2D eigenvalue weighted by molar-refractivity contribution is 0.777. The third kappa shape index (κ3) is 5.06. The van der Waals surface area contributed by atoms with Crippen molar-refractivity contribution < 1.29 is 0 Å². The van der Waals surface area contributed by atoms with E-state index < -0.39 is 0 Å². The molecule has 0 amide bonds. The van der Waals surface area contributed by atoms with Crippen LogP contribution in [-0.2, 0) is 7.05 Å². The predicted octanol–water partition coefficient (Wildman–Crippen LogP) is 10.3. The molecule has 206 valence electrons. The van der Waals surface area contributed by atoms with Crippen LogP contribution in [0, 0.1) is 6.92 Å². The molecule has 0 radical (unpaired) electrons. The SMILES string of the molecule is Cc1ccccc1-c1ccc2c3ccccc3c3ccccc3c2c1.Cn1nc(-c2ccccc2)nc1-c1ccccc1. The first-order valence-corrected chi connectivity index (χ1v) is 14.6. The van der Waals surface area contributed by atoms with E-state index >= 15 is 0 Å². The molecule has 3 heteroatoms. The number of nitrogens with zero attached hydrogens (tertiary/aromatic N) is 3. The third-order valence-electron chi connectivity index (χ3n) is 8.03. The number of rotatable bonds is 3. The van der Waals surface area contributed by atoms with Crippen LogP contribution in [0.2, 0.25) is 0 Å². The molecule has 0 N–H and O–H groups in total. The van der Waals surface area contributed by atoms with Gasteiger partial charge in [0.15, 0.2) is 11.6 Å². The fraction of sp³-hybridized carbons (Fsp3) is 0.0500. The van der Waals surface area contributed by atoms with E-state index in [0.29, 0.717) is 0 Å². The molecule has 7 aromatic carbocycles. The fourth-order valence-corrected chi connectivity index (χ4v) is 5.90. The van der Waals surface area contributed by atoms with E-state index in [1.54, 1.807) is 0 Å². The zero-order valence-electron chi connectivity index (χ0n) is 24.3. The summed E-state index contributed by atoms with van der Waals surface area (Å²) in [5.74, 6) is 1.64. The minimum atomic E-state index is 0.761. The molecule has 1 aromatic heterocycles. The van der Waals surface area contributed by atoms with Crippen molar-refractivity contribution in [1.29, 1.82) is 0 Å². The smallest absolute Gasteiger partial charge is 0.181 e. The summed E-state index contributed by atoms with van der Waals surface area (Å²) in [6.45, 7) is 2.18. The van der Waals surface area contributed by atoms with Crippen LogP contribution < -0.4 is 0 Å². The van der Waals surface area contributed by atoms with Gasteiger partial charge in [0, 0.05) is 18.2 Å². The highest BCUT2D eigenvalue weighted by molar-refractivity contribution is 6.25. The van der Waals surface area contributed by atoms with Gasteiger partial charge in [-0.1, -0.05) is 146 Å². The van der Waals surface area contributed by atoms with E-state index in [1.807, 2.05) is 72.4 Å². The third-order valence-corrected chi connectivity index (χ3v) is 8.03. The molecule has 0 aliphatic rings. The average molecular weight is 554 g/mol. The van der Waals surface area contributed by atoms with E-state index in [4.69, 9.17) is 0 Å². The maximum absolute atomic E-state index is 4.60. The molecule has 0 atom stereocenters. The highest BCUT2D eigenvalue weighted by Gasteiger charge is 2.11. The van der Waals surface area contributed by atoms with Gasteiger partial charge in [-0.15, -0.1) is 0 Å². The topological polar surface area (TPSA) is 30.7 Å². The molecule has 0 unspecified atom stereocenters. The van der Waals surface area contributed by atoms with E-state index in [2.05, 4.69) is 108 Å². The van der Waals surface area contributed by atoms with Crippen LogP contribution >= 0.6 is 0 Å². The summed E-state index contributed by atoms with van der Waals surface area (Å²) in [5.41, 5.74) is 6.02. The molecular formula is C40H31N3. The Morgan fingerprint density at radius 2 is 0.930 bits per heavy atom. The number of benzene rings is 7. The maximum atomic E-state index is 4.60. The monoisotopic (exact) mass is 553 g/mol. The molecule has 0 aliphatic carbocycles. The Labute approximate surface area is 251 Å². The second-order valence-electron chi connectivity index (χ2n) is 10.8. The Balaban J connectivity index is 0.000000148. The number of hydrogen-bond donors (Lipinski definition) is 0. The van der Waals surface area contributed by atoms with Gasteiger partial charge in [-0.3, -0.25) is 0 Å². The van der Waals surface area contributed by atoms with Gasteiger partial charge >= 0.3 is 0 Å². The summed E-state index contributed by atoms with van der Waals surface area (Å²) in [6, 6.07) is 53.1. The van der Waals surface area contributed by atoms with Crippen LogP contribution in [0.25, 0.3) is 66.2 Å². The van der Waals surface area contributed by atoms with Gasteiger partial charge in [-0.05, 0) is 62.0 Å². The van der Waals surface area contributed by atoms with Gasteiger partial charge in [-0.2, -0.15) is 5.10 Å². The molecule has 0 saturated carbocycles. The average Bonchev–Trinajstić information content (AvgIpc) is 3.47. The summed E-state index contributed by atoms with van der Waals surface area (Å²) in [5, 5.41) is 12.4. The van der Waals surface area contributed by atoms with Crippen LogP contribution in [0.5, 0.6) is 0 Å². The first-order valence-electron chi connectivity index (χ1n) is 14.6. The van der Waals surface area contributed by atoms with Crippen LogP contribution in [0.1, 0.15) is 5.56 Å². The van der Waals surface area contributed by atoms with Crippen molar-refractivity contribution in [2.24, 2.45) is 7.05 Å². The molecule has 0 spiro atoms. The Morgan fingerprint density at radius 3 is 1.53 bits per heavy atom. The first-order chi connectivity index (χ1) is 21.2. The number of aromatic nitrogens is 3. The zero-order valence-corrected chi connectivity index (χ0v) is 24.3. The van der Waals surface area contributed by atoms with Crippen molar-refractivity contribution >= 4 is 32.3 Å². The molecular weight excluding hydrogens is 522 g/mol. The summed E-state index contributed by atoms with van der Waals surface area (Å²) >= 11 is 0. The van der Waals surface area contributed by atoms with Crippen molar-refractivity contribution in [3.63, 3.8) is 0 Å². The quantitative estimate of drug-likeness (QED) is 0.204. The standard InChI is InChI=1S/C25H18.C15H13N3/c1-17-8-2-3-9-19(17)18-14-15-24-22-12-5-4-10-20(22)21-11-6-7-13-23(21)25(24)16-18;1-18-15(13-10-6-3-7-11-13)16-14(17-18)12-8-4-2-5-9-12/h2-16H,1H3;2-11H,1H3. The van der Waals surface area contributed by atoms with Gasteiger partial charge in [0.25, 0.3) is 0 Å². The van der Waals surface area contributed by atoms with E-state index in [1.165, 1.54) is 49.0 Å². The van der Waals surface area contributed by atoms with Gasteiger partial charge in [0.2, 0.25) is 0 Å². The molecule has 0 fully saturated rings. The minimum Gasteiger partial charge on any atom is -0.248 e. The number of hydrogen-bond acceptors (Lipinski definition) is 2. The van der Waals surface area contributed by atoms with E-state index in [0.717, 1.165) is 22.8 Å². The zero-order chi connectivity index (χ0) is 29.2. The van der Waals surface area contributed by atoms with Gasteiger partial charge in [-0.25, -0.2) is 9.67 Å². The minimum absolute atomic E-state index is 0.761. The van der Waals surface area contributed by atoms with Crippen molar-refractivity contribution in [3.05, 3.63) is 157 Å². The Kier molecular flexibility index (Phi) is 6.98. The maximum Gasteiger partial charge on any atom is 0.181 e. The second kappa shape index (κ2) is 11.4. The van der Waals surface area contributed by atoms with Gasteiger partial charge < -0.3 is 0 Å². The highest BCUT2D eigenvalue weighted by Crippen LogP contribution is 2.37. The lowest BCUT2D eigenvalue weighted by Gasteiger charge is -2.12. The Hall–Kier alpha value is -5.54. The number of aryl methyl sites for hydroxylation is 2. The van der Waals surface area contributed by atoms with E-state index in [-0.39, 0.29) is 0 Å². The normalized spacial score (nSPS) is 11.0. The lowest BCUT2D eigenvalue weighted by atomic mass is 9.91. The fourth-order valence-electron chi connectivity index (χ4n) is 5.90. The molecule has 3 nitrogen and oxygen atoms in total. The molecule has 8 rings (SSSR count). The molecule has 0 bridgehead atoms. The van der Waals surface area contributed by atoms with Crippen LogP contribution in [0.15, 0.2) is 152 Å². The van der Waals surface area contributed by atoms with Crippen LogP contribution in [-0.4, -0.2) is 14.8 Å². The van der Waals surface area contributed by atoms with Crippen LogP contribution in [0.3, 0.4) is 0 Å². The van der Waals surface area contributed by atoms with E-state index in [9.17, 15) is 0 Å². The van der Waals surface area contributed by atoms with Crippen molar-refractivity contribution in [3.8, 4) is 33.9 Å². The molecule has 0 saturated heterocycles. The van der Waals surface area contributed by atoms with Crippen molar-refractivity contribution in [2.75, 3.05) is 0 Å². The van der Waals surface area contributed by atoms with Crippen molar-refractivity contribution in [1.82, 2.24) is 14.8 Å². The van der Waals surface area contributed by atoms with Gasteiger partial charge in [0.1, 0.15) is 0 Å². The van der Waals surface area contributed by atoms with Crippen LogP contribution in [0.4, 0.5) is 0 Å². The predicted molar refractivity (Wildman–Crippen MR) is 181 cm³/mol. The molecule has 1 heterocycles. The summed E-state index contributed by atoms with van der Waals surface area (Å²) in [7, 11) is 1.92.